The molecular formula is C25H23N3O3. The standard InChI is InChI=1S/C25H23N3O3/c1-17(16-24(30)27-22-10-8-19(9-11-22)18(2)29)25(31)28-23-14-12-21(13-15-23)26-20-6-4-3-5-7-20/h3-16,26H,1-2H3,(H,27,30)(H,28,31)/b17-16-. The molecule has 3 N–H and O–H groups in total. The second-order valence-electron chi connectivity index (χ2n) is 6.97. The van der Waals surface area contributed by atoms with Gasteiger partial charge in [0.15, 0.2) is 5.78 Å². The predicted octanol–water partition coefficient (Wildman–Crippen LogP) is 5.16. The highest BCUT2D eigenvalue weighted by atomic mass is 16.2. The molecule has 0 atom stereocenters. The van der Waals surface area contributed by atoms with Crippen molar-refractivity contribution < 1.29 is 14.4 Å². The van der Waals surface area contributed by atoms with E-state index in [4.69, 9.17) is 0 Å². The Morgan fingerprint density at radius 2 is 1.16 bits per heavy atom. The van der Waals surface area contributed by atoms with Gasteiger partial charge in [-0.1, -0.05) is 18.2 Å². The van der Waals surface area contributed by atoms with Crippen LogP contribution in [0.2, 0.25) is 0 Å². The van der Waals surface area contributed by atoms with Crippen LogP contribution in [-0.4, -0.2) is 17.6 Å². The molecule has 3 aromatic carbocycles. The number of para-hydroxylation sites is 1. The van der Waals surface area contributed by atoms with Gasteiger partial charge in [-0.2, -0.15) is 0 Å². The van der Waals surface area contributed by atoms with Gasteiger partial charge in [-0.3, -0.25) is 14.4 Å². The molecule has 0 saturated heterocycles. The summed E-state index contributed by atoms with van der Waals surface area (Å²) < 4.78 is 0. The van der Waals surface area contributed by atoms with Crippen molar-refractivity contribution in [2.24, 2.45) is 0 Å². The van der Waals surface area contributed by atoms with E-state index in [9.17, 15) is 14.4 Å². The van der Waals surface area contributed by atoms with E-state index in [1.54, 1.807) is 43.3 Å². The molecule has 2 amide bonds. The SMILES string of the molecule is CC(=O)c1ccc(NC(=O)/C=C(/C)C(=O)Nc2ccc(Nc3ccccc3)cc2)cc1. The Morgan fingerprint density at radius 3 is 1.77 bits per heavy atom. The second-order valence-corrected chi connectivity index (χ2v) is 6.97. The fourth-order valence-corrected chi connectivity index (χ4v) is 2.78. The lowest BCUT2D eigenvalue weighted by Gasteiger charge is -2.09. The van der Waals surface area contributed by atoms with Crippen molar-refractivity contribution >= 4 is 40.3 Å². The largest absolute Gasteiger partial charge is 0.356 e. The maximum Gasteiger partial charge on any atom is 0.251 e. The Balaban J connectivity index is 1.55. The van der Waals surface area contributed by atoms with Crippen LogP contribution in [0.4, 0.5) is 22.7 Å². The summed E-state index contributed by atoms with van der Waals surface area (Å²) >= 11 is 0. The molecule has 0 fully saturated rings. The van der Waals surface area contributed by atoms with Crippen LogP contribution in [0.1, 0.15) is 24.2 Å². The Labute approximate surface area is 181 Å². The highest BCUT2D eigenvalue weighted by molar-refractivity contribution is 6.10. The molecule has 0 heterocycles. The van der Waals surface area contributed by atoms with Crippen molar-refractivity contribution in [2.75, 3.05) is 16.0 Å². The summed E-state index contributed by atoms with van der Waals surface area (Å²) in [6, 6.07) is 23.6. The molecule has 0 aliphatic carbocycles. The first kappa shape index (κ1) is 21.5. The van der Waals surface area contributed by atoms with E-state index < -0.39 is 5.91 Å². The van der Waals surface area contributed by atoms with E-state index in [1.165, 1.54) is 13.0 Å². The maximum atomic E-state index is 12.4. The van der Waals surface area contributed by atoms with Gasteiger partial charge in [0, 0.05) is 40.0 Å². The molecule has 6 nitrogen and oxygen atoms in total. The summed E-state index contributed by atoms with van der Waals surface area (Å²) in [5.74, 6) is -0.842. The maximum absolute atomic E-state index is 12.4. The van der Waals surface area contributed by atoms with Crippen molar-refractivity contribution in [3.05, 3.63) is 96.1 Å². The van der Waals surface area contributed by atoms with Crippen LogP contribution in [0.3, 0.4) is 0 Å². The summed E-state index contributed by atoms with van der Waals surface area (Å²) in [6.07, 6.45) is 1.24. The summed E-state index contributed by atoms with van der Waals surface area (Å²) in [5, 5.41) is 8.71. The van der Waals surface area contributed by atoms with Crippen LogP contribution in [0.5, 0.6) is 0 Å². The topological polar surface area (TPSA) is 87.3 Å². The van der Waals surface area contributed by atoms with E-state index in [-0.39, 0.29) is 17.3 Å². The van der Waals surface area contributed by atoms with E-state index in [0.717, 1.165) is 11.4 Å². The molecule has 0 saturated carbocycles. The summed E-state index contributed by atoms with van der Waals surface area (Å²) in [4.78, 5) is 35.9. The molecule has 0 radical (unpaired) electrons. The van der Waals surface area contributed by atoms with Crippen molar-refractivity contribution in [1.82, 2.24) is 0 Å². The minimum atomic E-state index is -0.425. The molecule has 0 aliphatic heterocycles. The molecule has 0 unspecified atom stereocenters. The number of carbonyl (C=O) groups excluding carboxylic acids is 3. The van der Waals surface area contributed by atoms with E-state index in [2.05, 4.69) is 16.0 Å². The van der Waals surface area contributed by atoms with Gasteiger partial charge in [-0.15, -0.1) is 0 Å². The number of carbonyl (C=O) groups is 3. The number of nitrogens with one attached hydrogen (secondary N) is 3. The lowest BCUT2D eigenvalue weighted by molar-refractivity contribution is -0.114. The number of ketones is 1. The molecule has 0 aromatic heterocycles. The van der Waals surface area contributed by atoms with Gasteiger partial charge >= 0.3 is 0 Å². The van der Waals surface area contributed by atoms with Crippen molar-refractivity contribution in [3.8, 4) is 0 Å². The number of hydrogen-bond donors (Lipinski definition) is 3. The summed E-state index contributed by atoms with van der Waals surface area (Å²) in [6.45, 7) is 3.05. The number of amides is 2. The lowest BCUT2D eigenvalue weighted by Crippen LogP contribution is -2.16. The number of rotatable bonds is 7. The third kappa shape index (κ3) is 6.40. The average molecular weight is 413 g/mol. The number of hydrogen-bond acceptors (Lipinski definition) is 4. The quantitative estimate of drug-likeness (QED) is 0.369. The molecule has 0 spiro atoms. The summed E-state index contributed by atoms with van der Waals surface area (Å²) in [7, 11) is 0. The van der Waals surface area contributed by atoms with Crippen molar-refractivity contribution in [2.45, 2.75) is 13.8 Å². The Morgan fingerprint density at radius 1 is 0.645 bits per heavy atom. The van der Waals surface area contributed by atoms with Crippen molar-refractivity contribution in [3.63, 3.8) is 0 Å². The zero-order valence-electron chi connectivity index (χ0n) is 17.3. The highest BCUT2D eigenvalue weighted by Crippen LogP contribution is 2.19. The monoisotopic (exact) mass is 413 g/mol. The lowest BCUT2D eigenvalue weighted by atomic mass is 10.1. The van der Waals surface area contributed by atoms with E-state index in [1.807, 2.05) is 42.5 Å². The van der Waals surface area contributed by atoms with Crippen LogP contribution < -0.4 is 16.0 Å². The normalized spacial score (nSPS) is 10.8. The first-order valence-corrected chi connectivity index (χ1v) is 9.74. The third-order valence-electron chi connectivity index (χ3n) is 4.47. The fourth-order valence-electron chi connectivity index (χ4n) is 2.78. The second kappa shape index (κ2) is 10.0. The predicted molar refractivity (Wildman–Crippen MR) is 124 cm³/mol. The first-order chi connectivity index (χ1) is 14.9. The molecule has 0 bridgehead atoms. The first-order valence-electron chi connectivity index (χ1n) is 9.74. The molecule has 156 valence electrons. The van der Waals surface area contributed by atoms with Gasteiger partial charge < -0.3 is 16.0 Å². The zero-order valence-corrected chi connectivity index (χ0v) is 17.3. The number of Topliss-reactive ketones (excluding diaryl/α,β-unsaturated/α-hetero) is 1. The Bertz CT molecular complexity index is 1100. The molecule has 3 rings (SSSR count). The van der Waals surface area contributed by atoms with Gasteiger partial charge in [0.1, 0.15) is 0 Å². The van der Waals surface area contributed by atoms with Crippen molar-refractivity contribution in [1.29, 1.82) is 0 Å². The summed E-state index contributed by atoms with van der Waals surface area (Å²) in [5.41, 5.74) is 3.86. The van der Waals surface area contributed by atoms with E-state index in [0.29, 0.717) is 16.9 Å². The number of anilines is 4. The molecule has 3 aromatic rings. The van der Waals surface area contributed by atoms with Gasteiger partial charge in [0.25, 0.3) is 5.91 Å². The third-order valence-corrected chi connectivity index (χ3v) is 4.47. The van der Waals surface area contributed by atoms with Crippen LogP contribution in [0, 0.1) is 0 Å². The molecule has 6 heteroatoms. The minimum Gasteiger partial charge on any atom is -0.356 e. The van der Waals surface area contributed by atoms with Crippen LogP contribution >= 0.6 is 0 Å². The van der Waals surface area contributed by atoms with Crippen LogP contribution in [0.25, 0.3) is 0 Å². The van der Waals surface area contributed by atoms with Gasteiger partial charge in [-0.05, 0) is 74.5 Å². The highest BCUT2D eigenvalue weighted by Gasteiger charge is 2.08. The van der Waals surface area contributed by atoms with Crippen LogP contribution in [0.15, 0.2) is 90.5 Å². The smallest absolute Gasteiger partial charge is 0.251 e. The van der Waals surface area contributed by atoms with Crippen LogP contribution in [-0.2, 0) is 9.59 Å². The fraction of sp³-hybridized carbons (Fsp3) is 0.0800. The average Bonchev–Trinajstić information content (AvgIpc) is 2.76. The van der Waals surface area contributed by atoms with E-state index >= 15 is 0 Å². The Hall–Kier alpha value is -4.19. The van der Waals surface area contributed by atoms with Gasteiger partial charge in [0.2, 0.25) is 5.91 Å². The molecule has 0 aliphatic rings. The molecular weight excluding hydrogens is 390 g/mol. The van der Waals surface area contributed by atoms with Gasteiger partial charge in [-0.25, -0.2) is 0 Å². The number of benzene rings is 3. The Kier molecular flexibility index (Phi) is 6.96. The zero-order chi connectivity index (χ0) is 22.2. The molecule has 31 heavy (non-hydrogen) atoms. The van der Waals surface area contributed by atoms with Gasteiger partial charge in [0.05, 0.1) is 0 Å². The minimum absolute atomic E-state index is 0.0471.